The van der Waals surface area contributed by atoms with Crippen LogP contribution >= 0.6 is 11.6 Å². The number of nitrogens with one attached hydrogen (secondary N) is 2. The Balaban J connectivity index is 1.89. The monoisotopic (exact) mass is 232 g/mol. The lowest BCUT2D eigenvalue weighted by molar-refractivity contribution is -0.118. The molecule has 0 unspecified atom stereocenters. The number of carbonyl (C=O) groups is 1. The summed E-state index contributed by atoms with van der Waals surface area (Å²) in [6, 6.07) is 0. The van der Waals surface area contributed by atoms with E-state index in [0.717, 1.165) is 19.0 Å². The molecule has 4 heteroatoms. The molecule has 88 valence electrons. The summed E-state index contributed by atoms with van der Waals surface area (Å²) in [6.45, 7) is 2.62. The van der Waals surface area contributed by atoms with Crippen molar-refractivity contribution in [2.75, 3.05) is 25.5 Å². The highest BCUT2D eigenvalue weighted by atomic mass is 35.5. The number of hydrogen-bond acceptors (Lipinski definition) is 2. The molecule has 15 heavy (non-hydrogen) atoms. The summed E-state index contributed by atoms with van der Waals surface area (Å²) < 4.78 is 0. The molecule has 0 atom stereocenters. The number of amides is 1. The van der Waals surface area contributed by atoms with Gasteiger partial charge in [-0.15, -0.1) is 11.6 Å². The molecule has 0 saturated heterocycles. The number of hydrogen-bond donors (Lipinski definition) is 2. The van der Waals surface area contributed by atoms with E-state index in [1.165, 1.54) is 32.1 Å². The Hall–Kier alpha value is -0.280. The third-order valence-electron chi connectivity index (χ3n) is 2.90. The molecule has 1 fully saturated rings. The van der Waals surface area contributed by atoms with Crippen LogP contribution in [0.1, 0.15) is 32.1 Å². The second kappa shape index (κ2) is 7.94. The Morgan fingerprint density at radius 3 is 2.60 bits per heavy atom. The van der Waals surface area contributed by atoms with Gasteiger partial charge in [-0.05, 0) is 25.3 Å². The van der Waals surface area contributed by atoms with Gasteiger partial charge in [-0.3, -0.25) is 4.79 Å². The van der Waals surface area contributed by atoms with Crippen LogP contribution in [0.25, 0.3) is 0 Å². The van der Waals surface area contributed by atoms with Crippen LogP contribution in [0.2, 0.25) is 0 Å². The van der Waals surface area contributed by atoms with Crippen molar-refractivity contribution in [1.82, 2.24) is 10.6 Å². The summed E-state index contributed by atoms with van der Waals surface area (Å²) in [7, 11) is 0. The number of alkyl halides is 1. The highest BCUT2D eigenvalue weighted by molar-refractivity contribution is 6.27. The third-order valence-corrected chi connectivity index (χ3v) is 3.15. The fourth-order valence-electron chi connectivity index (χ4n) is 2.04. The molecule has 1 aliphatic rings. The van der Waals surface area contributed by atoms with E-state index in [4.69, 9.17) is 11.6 Å². The first-order valence-electron chi connectivity index (χ1n) is 5.86. The van der Waals surface area contributed by atoms with Crippen LogP contribution in [0, 0.1) is 5.92 Å². The molecule has 1 saturated carbocycles. The van der Waals surface area contributed by atoms with Crippen molar-refractivity contribution in [2.45, 2.75) is 32.1 Å². The smallest absolute Gasteiger partial charge is 0.234 e. The number of rotatable bonds is 6. The maximum Gasteiger partial charge on any atom is 0.234 e. The Bertz CT molecular complexity index is 181. The summed E-state index contributed by atoms with van der Waals surface area (Å²) in [6.07, 6.45) is 6.90. The van der Waals surface area contributed by atoms with Crippen molar-refractivity contribution < 1.29 is 4.79 Å². The Morgan fingerprint density at radius 2 is 1.93 bits per heavy atom. The van der Waals surface area contributed by atoms with Crippen LogP contribution in [0.15, 0.2) is 0 Å². The van der Waals surface area contributed by atoms with Crippen LogP contribution in [-0.2, 0) is 4.79 Å². The normalized spacial score (nSPS) is 17.7. The van der Waals surface area contributed by atoms with Crippen molar-refractivity contribution in [3.63, 3.8) is 0 Å². The van der Waals surface area contributed by atoms with Crippen LogP contribution in [0.5, 0.6) is 0 Å². The van der Waals surface area contributed by atoms with Gasteiger partial charge in [0.15, 0.2) is 0 Å². The minimum atomic E-state index is -0.0869. The zero-order valence-corrected chi connectivity index (χ0v) is 9.98. The molecular formula is C11H21ClN2O. The van der Waals surface area contributed by atoms with E-state index in [9.17, 15) is 4.79 Å². The number of carbonyl (C=O) groups excluding carboxylic acids is 1. The number of halogens is 1. The molecule has 0 aromatic carbocycles. The van der Waals surface area contributed by atoms with E-state index in [1.807, 2.05) is 0 Å². The molecule has 0 heterocycles. The maximum absolute atomic E-state index is 10.8. The summed E-state index contributed by atoms with van der Waals surface area (Å²) in [5, 5.41) is 6.11. The largest absolute Gasteiger partial charge is 0.354 e. The standard InChI is InChI=1S/C11H21ClN2O/c12-8-11(15)14-7-6-13-9-10-4-2-1-3-5-10/h10,13H,1-9H2,(H,14,15). The van der Waals surface area contributed by atoms with E-state index in [2.05, 4.69) is 10.6 Å². The van der Waals surface area contributed by atoms with Crippen molar-refractivity contribution in [2.24, 2.45) is 5.92 Å². The van der Waals surface area contributed by atoms with Crippen LogP contribution in [0.3, 0.4) is 0 Å². The van der Waals surface area contributed by atoms with Gasteiger partial charge in [-0.1, -0.05) is 19.3 Å². The van der Waals surface area contributed by atoms with Crippen molar-refractivity contribution in [1.29, 1.82) is 0 Å². The highest BCUT2D eigenvalue weighted by Crippen LogP contribution is 2.22. The van der Waals surface area contributed by atoms with Gasteiger partial charge < -0.3 is 10.6 Å². The molecule has 0 radical (unpaired) electrons. The van der Waals surface area contributed by atoms with Crippen molar-refractivity contribution >= 4 is 17.5 Å². The lowest BCUT2D eigenvalue weighted by Gasteiger charge is -2.21. The Morgan fingerprint density at radius 1 is 1.20 bits per heavy atom. The van der Waals surface area contributed by atoms with Gasteiger partial charge >= 0.3 is 0 Å². The first-order valence-corrected chi connectivity index (χ1v) is 6.39. The third kappa shape index (κ3) is 6.00. The highest BCUT2D eigenvalue weighted by Gasteiger charge is 2.12. The minimum Gasteiger partial charge on any atom is -0.354 e. The van der Waals surface area contributed by atoms with Gasteiger partial charge in [-0.2, -0.15) is 0 Å². The molecular weight excluding hydrogens is 212 g/mol. The molecule has 3 nitrogen and oxygen atoms in total. The lowest BCUT2D eigenvalue weighted by atomic mass is 9.89. The molecule has 0 aromatic heterocycles. The summed E-state index contributed by atoms with van der Waals surface area (Å²) >= 11 is 5.35. The summed E-state index contributed by atoms with van der Waals surface area (Å²) in [5.74, 6) is 0.821. The molecule has 1 rings (SSSR count). The summed E-state index contributed by atoms with van der Waals surface area (Å²) in [4.78, 5) is 10.8. The zero-order chi connectivity index (χ0) is 10.9. The minimum absolute atomic E-state index is 0.0582. The van der Waals surface area contributed by atoms with Crippen molar-refractivity contribution in [3.05, 3.63) is 0 Å². The fraction of sp³-hybridized carbons (Fsp3) is 0.909. The molecule has 0 aliphatic heterocycles. The molecule has 0 aromatic rings. The first kappa shape index (κ1) is 12.8. The molecule has 1 amide bonds. The fourth-order valence-corrected chi connectivity index (χ4v) is 2.13. The van der Waals surface area contributed by atoms with E-state index in [1.54, 1.807) is 0 Å². The Kier molecular flexibility index (Phi) is 6.77. The van der Waals surface area contributed by atoms with Gasteiger partial charge in [0.2, 0.25) is 5.91 Å². The average Bonchev–Trinajstić information content (AvgIpc) is 2.29. The van der Waals surface area contributed by atoms with E-state index >= 15 is 0 Å². The van der Waals surface area contributed by atoms with Gasteiger partial charge in [-0.25, -0.2) is 0 Å². The SMILES string of the molecule is O=C(CCl)NCCNCC1CCCCC1. The van der Waals surface area contributed by atoms with Crippen LogP contribution in [-0.4, -0.2) is 31.4 Å². The molecule has 0 spiro atoms. The predicted octanol–water partition coefficient (Wildman–Crippen LogP) is 1.51. The van der Waals surface area contributed by atoms with E-state index in [0.29, 0.717) is 6.54 Å². The van der Waals surface area contributed by atoms with Crippen LogP contribution in [0.4, 0.5) is 0 Å². The van der Waals surface area contributed by atoms with Crippen molar-refractivity contribution in [3.8, 4) is 0 Å². The van der Waals surface area contributed by atoms with E-state index < -0.39 is 0 Å². The van der Waals surface area contributed by atoms with Gasteiger partial charge in [0, 0.05) is 13.1 Å². The zero-order valence-electron chi connectivity index (χ0n) is 9.23. The van der Waals surface area contributed by atoms with Crippen LogP contribution < -0.4 is 10.6 Å². The van der Waals surface area contributed by atoms with E-state index in [-0.39, 0.29) is 11.8 Å². The quantitative estimate of drug-likeness (QED) is 0.539. The summed E-state index contributed by atoms with van der Waals surface area (Å²) in [5.41, 5.74) is 0. The lowest BCUT2D eigenvalue weighted by Crippen LogP contribution is -2.34. The first-order chi connectivity index (χ1) is 7.33. The second-order valence-corrected chi connectivity index (χ2v) is 4.46. The maximum atomic E-state index is 10.8. The van der Waals surface area contributed by atoms with Gasteiger partial charge in [0.1, 0.15) is 5.88 Å². The predicted molar refractivity (Wildman–Crippen MR) is 63.2 cm³/mol. The average molecular weight is 233 g/mol. The second-order valence-electron chi connectivity index (χ2n) is 4.19. The van der Waals surface area contributed by atoms with Gasteiger partial charge in [0.05, 0.1) is 0 Å². The topological polar surface area (TPSA) is 41.1 Å². The van der Waals surface area contributed by atoms with Gasteiger partial charge in [0.25, 0.3) is 0 Å². The molecule has 2 N–H and O–H groups in total. The molecule has 1 aliphatic carbocycles. The molecule has 0 bridgehead atoms. The Labute approximate surface area is 96.9 Å².